The Morgan fingerprint density at radius 3 is 2.46 bits per heavy atom. The van der Waals surface area contributed by atoms with Crippen molar-refractivity contribution >= 4 is 22.9 Å². The van der Waals surface area contributed by atoms with Crippen LogP contribution in [0, 0.1) is 5.41 Å². The molecular formula is C27H25N5O2S. The number of benzene rings is 3. The predicted molar refractivity (Wildman–Crippen MR) is 137 cm³/mol. The highest BCUT2D eigenvalue weighted by Crippen LogP contribution is 2.36. The Balaban J connectivity index is 1.37. The summed E-state index contributed by atoms with van der Waals surface area (Å²) < 4.78 is 12.8. The molecule has 3 aromatic carbocycles. The lowest BCUT2D eigenvalue weighted by Gasteiger charge is -2.08. The molecule has 0 aliphatic carbocycles. The number of nitrogens with zero attached hydrogens (tertiary/aromatic N) is 3. The number of hydrogen-bond donors (Lipinski definition) is 2. The third-order valence-corrected chi connectivity index (χ3v) is 6.70. The average Bonchev–Trinajstić information content (AvgIpc) is 3.34. The van der Waals surface area contributed by atoms with Gasteiger partial charge in [0.1, 0.15) is 17.0 Å². The number of methoxy groups -OCH3 is 2. The zero-order chi connectivity index (χ0) is 24.2. The molecule has 5 rings (SSSR count). The van der Waals surface area contributed by atoms with Crippen molar-refractivity contribution in [1.29, 1.82) is 5.41 Å². The van der Waals surface area contributed by atoms with Gasteiger partial charge < -0.3 is 19.0 Å². The van der Waals surface area contributed by atoms with Gasteiger partial charge in [-0.05, 0) is 53.1 Å². The van der Waals surface area contributed by atoms with E-state index in [1.54, 1.807) is 20.5 Å². The molecule has 0 atom stereocenters. The highest BCUT2D eigenvalue weighted by Gasteiger charge is 2.13. The Kier molecular flexibility index (Phi) is 6.54. The molecule has 7 nitrogen and oxygen atoms in total. The standard InChI is InChI=1S/C27H25N5O2S/c1-33-21-12-13-22(34-2)23(16-21)35-27-30-24-25(28)29-17-32(26(24)31-27)15-14-18-8-10-20(11-9-18)19-6-4-3-5-7-19/h3-13,16-17,28H,14-15H2,1-2H3,(H,30,31). The predicted octanol–water partition coefficient (Wildman–Crippen LogP) is 5.32. The Morgan fingerprint density at radius 2 is 1.71 bits per heavy atom. The number of aryl methyl sites for hydroxylation is 2. The van der Waals surface area contributed by atoms with Crippen molar-refractivity contribution in [3.8, 4) is 22.6 Å². The number of aromatic amines is 1. The zero-order valence-corrected chi connectivity index (χ0v) is 20.3. The van der Waals surface area contributed by atoms with Gasteiger partial charge in [0.05, 0.1) is 25.4 Å². The van der Waals surface area contributed by atoms with Gasteiger partial charge in [-0.1, -0.05) is 54.6 Å². The first-order valence-corrected chi connectivity index (χ1v) is 12.0. The molecule has 35 heavy (non-hydrogen) atoms. The van der Waals surface area contributed by atoms with Crippen LogP contribution in [0.2, 0.25) is 0 Å². The maximum atomic E-state index is 8.25. The van der Waals surface area contributed by atoms with Crippen LogP contribution in [0.1, 0.15) is 5.56 Å². The fourth-order valence-electron chi connectivity index (χ4n) is 3.89. The number of nitrogens with one attached hydrogen (secondary N) is 2. The fraction of sp³-hybridized carbons (Fsp3) is 0.148. The lowest BCUT2D eigenvalue weighted by atomic mass is 10.0. The summed E-state index contributed by atoms with van der Waals surface area (Å²) in [5.41, 5.74) is 5.12. The first-order chi connectivity index (χ1) is 17.1. The summed E-state index contributed by atoms with van der Waals surface area (Å²) in [6, 6.07) is 24.6. The van der Waals surface area contributed by atoms with Gasteiger partial charge in [0.2, 0.25) is 0 Å². The number of rotatable bonds is 8. The van der Waals surface area contributed by atoms with E-state index < -0.39 is 0 Å². The maximum absolute atomic E-state index is 8.25. The summed E-state index contributed by atoms with van der Waals surface area (Å²) in [6.07, 6.45) is 2.51. The summed E-state index contributed by atoms with van der Waals surface area (Å²) in [5.74, 6) is 1.47. The first-order valence-electron chi connectivity index (χ1n) is 11.2. The van der Waals surface area contributed by atoms with Crippen LogP contribution in [0.5, 0.6) is 11.5 Å². The van der Waals surface area contributed by atoms with E-state index in [1.807, 2.05) is 28.8 Å². The Bertz CT molecular complexity index is 1510. The number of aromatic nitrogens is 4. The topological polar surface area (TPSA) is 88.8 Å². The van der Waals surface area contributed by atoms with E-state index in [2.05, 4.69) is 58.5 Å². The summed E-state index contributed by atoms with van der Waals surface area (Å²) in [6.45, 7) is 0.700. The second kappa shape index (κ2) is 10.1. The lowest BCUT2D eigenvalue weighted by Crippen LogP contribution is -2.13. The highest BCUT2D eigenvalue weighted by molar-refractivity contribution is 7.99. The third kappa shape index (κ3) is 4.93. The molecule has 0 amide bonds. The van der Waals surface area contributed by atoms with E-state index in [9.17, 15) is 0 Å². The van der Waals surface area contributed by atoms with Crippen LogP contribution in [-0.4, -0.2) is 33.7 Å². The molecule has 0 aliphatic heterocycles. The minimum atomic E-state index is 0.167. The molecule has 0 aliphatic rings. The Hall–Kier alpha value is -4.04. The number of hydrogen-bond acceptors (Lipinski definition) is 6. The molecule has 0 bridgehead atoms. The molecule has 176 valence electrons. The van der Waals surface area contributed by atoms with Crippen molar-refractivity contribution in [2.24, 2.45) is 0 Å². The van der Waals surface area contributed by atoms with Crippen molar-refractivity contribution in [2.75, 3.05) is 14.2 Å². The van der Waals surface area contributed by atoms with Crippen LogP contribution in [-0.2, 0) is 13.0 Å². The number of H-pyrrole nitrogens is 1. The van der Waals surface area contributed by atoms with E-state index in [-0.39, 0.29) is 5.49 Å². The van der Waals surface area contributed by atoms with Crippen LogP contribution in [0.15, 0.2) is 89.2 Å². The summed E-state index contributed by atoms with van der Waals surface area (Å²) in [5, 5.41) is 8.91. The minimum Gasteiger partial charge on any atom is -0.497 e. The number of ether oxygens (including phenoxy) is 2. The molecular weight excluding hydrogens is 458 g/mol. The van der Waals surface area contributed by atoms with Crippen LogP contribution < -0.4 is 15.0 Å². The van der Waals surface area contributed by atoms with Gasteiger partial charge in [-0.15, -0.1) is 0 Å². The molecule has 8 heteroatoms. The minimum absolute atomic E-state index is 0.167. The molecule has 0 unspecified atom stereocenters. The molecule has 2 heterocycles. The van der Waals surface area contributed by atoms with Gasteiger partial charge in [-0.3, -0.25) is 5.41 Å². The van der Waals surface area contributed by atoms with E-state index in [1.165, 1.54) is 28.5 Å². The molecule has 0 spiro atoms. The van der Waals surface area contributed by atoms with Crippen LogP contribution in [0.3, 0.4) is 0 Å². The zero-order valence-electron chi connectivity index (χ0n) is 19.5. The summed E-state index contributed by atoms with van der Waals surface area (Å²) in [4.78, 5) is 13.2. The second-order valence-corrected chi connectivity index (χ2v) is 8.99. The molecule has 2 aromatic heterocycles. The first kappa shape index (κ1) is 22.7. The largest absolute Gasteiger partial charge is 0.497 e. The van der Waals surface area contributed by atoms with Crippen molar-refractivity contribution in [3.63, 3.8) is 0 Å². The quantitative estimate of drug-likeness (QED) is 0.312. The second-order valence-electron chi connectivity index (χ2n) is 7.96. The van der Waals surface area contributed by atoms with Crippen molar-refractivity contribution in [2.45, 2.75) is 23.0 Å². The van der Waals surface area contributed by atoms with Crippen molar-refractivity contribution in [1.82, 2.24) is 19.5 Å². The highest BCUT2D eigenvalue weighted by atomic mass is 32.2. The maximum Gasteiger partial charge on any atom is 0.173 e. The molecule has 0 radical (unpaired) electrons. The van der Waals surface area contributed by atoms with Crippen LogP contribution >= 0.6 is 11.8 Å². The summed E-state index contributed by atoms with van der Waals surface area (Å²) in [7, 11) is 3.27. The third-order valence-electron chi connectivity index (χ3n) is 5.78. The smallest absolute Gasteiger partial charge is 0.173 e. The van der Waals surface area contributed by atoms with Gasteiger partial charge in [0, 0.05) is 6.54 Å². The molecule has 0 fully saturated rings. The van der Waals surface area contributed by atoms with Gasteiger partial charge in [-0.2, -0.15) is 0 Å². The Labute approximate surface area is 207 Å². The van der Waals surface area contributed by atoms with Gasteiger partial charge in [-0.25, -0.2) is 9.97 Å². The lowest BCUT2D eigenvalue weighted by molar-refractivity contribution is 0.394. The Morgan fingerprint density at radius 1 is 0.943 bits per heavy atom. The van der Waals surface area contributed by atoms with Crippen LogP contribution in [0.25, 0.3) is 22.3 Å². The molecule has 2 N–H and O–H groups in total. The van der Waals surface area contributed by atoms with E-state index in [0.717, 1.165) is 22.8 Å². The fourth-order valence-corrected chi connectivity index (χ4v) is 4.81. The van der Waals surface area contributed by atoms with Gasteiger partial charge in [0.15, 0.2) is 16.3 Å². The molecule has 0 saturated carbocycles. The number of imidazole rings is 1. The van der Waals surface area contributed by atoms with Crippen LogP contribution in [0.4, 0.5) is 0 Å². The van der Waals surface area contributed by atoms with Crippen molar-refractivity contribution in [3.05, 3.63) is 90.2 Å². The van der Waals surface area contributed by atoms with E-state index >= 15 is 0 Å². The monoisotopic (exact) mass is 483 g/mol. The average molecular weight is 484 g/mol. The van der Waals surface area contributed by atoms with Gasteiger partial charge >= 0.3 is 0 Å². The summed E-state index contributed by atoms with van der Waals surface area (Å²) >= 11 is 1.43. The van der Waals surface area contributed by atoms with E-state index in [4.69, 9.17) is 19.9 Å². The van der Waals surface area contributed by atoms with Crippen molar-refractivity contribution < 1.29 is 9.47 Å². The molecule has 0 saturated heterocycles. The van der Waals surface area contributed by atoms with Gasteiger partial charge in [0.25, 0.3) is 0 Å². The molecule has 5 aromatic rings. The normalized spacial score (nSPS) is 11.0. The number of fused-ring (bicyclic) bond motifs is 1. The van der Waals surface area contributed by atoms with E-state index in [0.29, 0.717) is 22.9 Å². The SMILES string of the molecule is COc1ccc(OC)c(Sc2nc3c([nH]2)c(=N)ncn3CCc2ccc(-c3ccccc3)cc2)c1.